The number of anilines is 1. The van der Waals surface area contributed by atoms with Crippen molar-refractivity contribution < 1.29 is 18.7 Å². The van der Waals surface area contributed by atoms with Crippen molar-refractivity contribution in [2.24, 2.45) is 0 Å². The van der Waals surface area contributed by atoms with Crippen molar-refractivity contribution in [1.29, 1.82) is 0 Å². The fourth-order valence-corrected chi connectivity index (χ4v) is 1.70. The topological polar surface area (TPSA) is 61.5 Å². The Morgan fingerprint density at radius 3 is 2.65 bits per heavy atom. The average Bonchev–Trinajstić information content (AvgIpc) is 2.46. The van der Waals surface area contributed by atoms with Crippen molar-refractivity contribution >= 4 is 11.7 Å². The number of nitrogens with two attached hydrogens (primary N) is 1. The van der Waals surface area contributed by atoms with Gasteiger partial charge in [0.15, 0.2) is 0 Å². The van der Waals surface area contributed by atoms with Gasteiger partial charge in [-0.05, 0) is 24.3 Å². The van der Waals surface area contributed by atoms with Crippen LogP contribution in [0.25, 0.3) is 0 Å². The fraction of sp³-hybridized carbons (Fsp3) is 0.133. The minimum absolute atomic E-state index is 0.128. The predicted octanol–water partition coefficient (Wildman–Crippen LogP) is 2.77. The highest BCUT2D eigenvalue weighted by Crippen LogP contribution is 2.22. The van der Waals surface area contributed by atoms with Crippen LogP contribution in [0, 0.1) is 5.82 Å². The highest BCUT2D eigenvalue weighted by Gasteiger charge is 2.11. The Labute approximate surface area is 115 Å². The molecule has 0 saturated heterocycles. The summed E-state index contributed by atoms with van der Waals surface area (Å²) < 4.78 is 23.4. The maximum absolute atomic E-state index is 13.4. The van der Waals surface area contributed by atoms with Crippen LogP contribution in [0.15, 0.2) is 42.5 Å². The van der Waals surface area contributed by atoms with Gasteiger partial charge in [-0.2, -0.15) is 0 Å². The molecule has 0 aliphatic heterocycles. The van der Waals surface area contributed by atoms with Gasteiger partial charge in [0.05, 0.1) is 18.4 Å². The van der Waals surface area contributed by atoms with E-state index in [9.17, 15) is 9.18 Å². The minimum Gasteiger partial charge on any atom is -0.495 e. The lowest BCUT2D eigenvalue weighted by Crippen LogP contribution is -2.07. The van der Waals surface area contributed by atoms with Crippen LogP contribution in [0.1, 0.15) is 15.9 Å². The summed E-state index contributed by atoms with van der Waals surface area (Å²) in [5, 5.41) is 0. The average molecular weight is 275 g/mol. The first-order chi connectivity index (χ1) is 9.61. The van der Waals surface area contributed by atoms with E-state index in [-0.39, 0.29) is 6.61 Å². The second-order valence-electron chi connectivity index (χ2n) is 4.12. The number of ether oxygens (including phenoxy) is 2. The third-order valence-electron chi connectivity index (χ3n) is 2.78. The van der Waals surface area contributed by atoms with Gasteiger partial charge >= 0.3 is 5.97 Å². The van der Waals surface area contributed by atoms with Gasteiger partial charge in [0.2, 0.25) is 0 Å². The molecule has 2 rings (SSSR count). The van der Waals surface area contributed by atoms with Gasteiger partial charge in [-0.15, -0.1) is 0 Å². The van der Waals surface area contributed by atoms with Gasteiger partial charge in [-0.25, -0.2) is 9.18 Å². The SMILES string of the molecule is COc1ccc(C(=O)OCc2ccccc2F)cc1N. The monoisotopic (exact) mass is 275 g/mol. The molecule has 2 aromatic carbocycles. The quantitative estimate of drug-likeness (QED) is 0.688. The van der Waals surface area contributed by atoms with E-state index < -0.39 is 11.8 Å². The number of benzene rings is 2. The van der Waals surface area contributed by atoms with E-state index >= 15 is 0 Å². The lowest BCUT2D eigenvalue weighted by molar-refractivity contribution is 0.0469. The number of nitrogen functional groups attached to an aromatic ring is 1. The van der Waals surface area contributed by atoms with Crippen molar-refractivity contribution in [3.8, 4) is 5.75 Å². The van der Waals surface area contributed by atoms with Crippen molar-refractivity contribution in [3.05, 3.63) is 59.4 Å². The van der Waals surface area contributed by atoms with E-state index in [0.29, 0.717) is 22.6 Å². The molecular weight excluding hydrogens is 261 g/mol. The molecule has 0 unspecified atom stereocenters. The number of methoxy groups -OCH3 is 1. The Bertz CT molecular complexity index is 628. The molecule has 2 aromatic rings. The van der Waals surface area contributed by atoms with Crippen molar-refractivity contribution in [2.45, 2.75) is 6.61 Å². The van der Waals surface area contributed by atoms with Gasteiger partial charge in [0.25, 0.3) is 0 Å². The van der Waals surface area contributed by atoms with E-state index in [0.717, 1.165) is 0 Å². The first-order valence-corrected chi connectivity index (χ1v) is 5.96. The Kier molecular flexibility index (Phi) is 4.20. The highest BCUT2D eigenvalue weighted by molar-refractivity contribution is 5.91. The van der Waals surface area contributed by atoms with Crippen LogP contribution >= 0.6 is 0 Å². The molecule has 0 heterocycles. The zero-order valence-corrected chi connectivity index (χ0v) is 10.9. The number of carbonyl (C=O) groups is 1. The van der Waals surface area contributed by atoms with E-state index in [4.69, 9.17) is 15.2 Å². The summed E-state index contributed by atoms with van der Waals surface area (Å²) in [6.45, 7) is -0.128. The predicted molar refractivity (Wildman–Crippen MR) is 72.9 cm³/mol. The van der Waals surface area contributed by atoms with Crippen molar-refractivity contribution in [3.63, 3.8) is 0 Å². The largest absolute Gasteiger partial charge is 0.495 e. The van der Waals surface area contributed by atoms with Crippen LogP contribution in [-0.4, -0.2) is 13.1 Å². The first kappa shape index (κ1) is 13.9. The molecule has 2 N–H and O–H groups in total. The van der Waals surface area contributed by atoms with Gasteiger partial charge in [-0.1, -0.05) is 18.2 Å². The summed E-state index contributed by atoms with van der Waals surface area (Å²) in [5.74, 6) is -0.493. The van der Waals surface area contributed by atoms with Gasteiger partial charge < -0.3 is 15.2 Å². The Balaban J connectivity index is 2.05. The van der Waals surface area contributed by atoms with Gasteiger partial charge in [0.1, 0.15) is 18.2 Å². The van der Waals surface area contributed by atoms with Crippen LogP contribution in [0.2, 0.25) is 0 Å². The van der Waals surface area contributed by atoms with Crippen LogP contribution < -0.4 is 10.5 Å². The third kappa shape index (κ3) is 3.06. The zero-order chi connectivity index (χ0) is 14.5. The van der Waals surface area contributed by atoms with Crippen molar-refractivity contribution in [1.82, 2.24) is 0 Å². The minimum atomic E-state index is -0.567. The van der Waals surface area contributed by atoms with Crippen LogP contribution in [0.5, 0.6) is 5.75 Å². The van der Waals surface area contributed by atoms with E-state index in [1.54, 1.807) is 30.3 Å². The molecule has 0 fully saturated rings. The number of esters is 1. The molecule has 0 saturated carbocycles. The lowest BCUT2D eigenvalue weighted by atomic mass is 10.2. The maximum Gasteiger partial charge on any atom is 0.338 e. The smallest absolute Gasteiger partial charge is 0.338 e. The molecule has 20 heavy (non-hydrogen) atoms. The lowest BCUT2D eigenvalue weighted by Gasteiger charge is -2.08. The Morgan fingerprint density at radius 1 is 1.25 bits per heavy atom. The molecule has 0 aliphatic rings. The number of hydrogen-bond acceptors (Lipinski definition) is 4. The summed E-state index contributed by atoms with van der Waals surface area (Å²) in [4.78, 5) is 11.8. The highest BCUT2D eigenvalue weighted by atomic mass is 19.1. The normalized spacial score (nSPS) is 10.1. The summed E-state index contributed by atoms with van der Waals surface area (Å²) >= 11 is 0. The summed E-state index contributed by atoms with van der Waals surface area (Å²) in [6.07, 6.45) is 0. The Morgan fingerprint density at radius 2 is 2.00 bits per heavy atom. The number of hydrogen-bond donors (Lipinski definition) is 1. The molecule has 0 spiro atoms. The molecule has 0 amide bonds. The number of halogens is 1. The van der Waals surface area contributed by atoms with Crippen LogP contribution in [-0.2, 0) is 11.3 Å². The molecule has 104 valence electrons. The molecule has 4 nitrogen and oxygen atoms in total. The second-order valence-corrected chi connectivity index (χ2v) is 4.12. The molecule has 5 heteroatoms. The van der Waals surface area contributed by atoms with Gasteiger partial charge in [-0.3, -0.25) is 0 Å². The van der Waals surface area contributed by atoms with Crippen molar-refractivity contribution in [2.75, 3.05) is 12.8 Å². The molecule has 0 aromatic heterocycles. The second kappa shape index (κ2) is 6.06. The third-order valence-corrected chi connectivity index (χ3v) is 2.78. The maximum atomic E-state index is 13.4. The standard InChI is InChI=1S/C15H14FNO3/c1-19-14-7-6-10(8-13(14)17)15(18)20-9-11-4-2-3-5-12(11)16/h2-8H,9,17H2,1H3. The molecule has 0 aliphatic carbocycles. The van der Waals surface area contributed by atoms with Gasteiger partial charge in [0, 0.05) is 5.56 Å². The van der Waals surface area contributed by atoms with Crippen LogP contribution in [0.4, 0.5) is 10.1 Å². The molecule has 0 radical (unpaired) electrons. The molecule has 0 atom stereocenters. The molecular formula is C15H14FNO3. The Hall–Kier alpha value is -2.56. The first-order valence-electron chi connectivity index (χ1n) is 5.96. The van der Waals surface area contributed by atoms with Crippen LogP contribution in [0.3, 0.4) is 0 Å². The summed E-state index contributed by atoms with van der Waals surface area (Å²) in [6, 6.07) is 10.7. The number of carbonyl (C=O) groups excluding carboxylic acids is 1. The fourth-order valence-electron chi connectivity index (χ4n) is 1.70. The number of rotatable bonds is 4. The van der Waals surface area contributed by atoms with E-state index in [2.05, 4.69) is 0 Å². The molecule has 0 bridgehead atoms. The summed E-state index contributed by atoms with van der Waals surface area (Å²) in [5.41, 5.74) is 6.66. The summed E-state index contributed by atoms with van der Waals surface area (Å²) in [7, 11) is 1.49. The zero-order valence-electron chi connectivity index (χ0n) is 10.9. The van der Waals surface area contributed by atoms with E-state index in [1.807, 2.05) is 0 Å². The van der Waals surface area contributed by atoms with E-state index in [1.165, 1.54) is 19.2 Å².